The van der Waals surface area contributed by atoms with Crippen LogP contribution in [0.2, 0.25) is 0 Å². The summed E-state index contributed by atoms with van der Waals surface area (Å²) < 4.78 is 0.898. The molecule has 0 aliphatic heterocycles. The maximum Gasteiger partial charge on any atom is 1.00 e. The van der Waals surface area contributed by atoms with Crippen LogP contribution in [0.3, 0.4) is 0 Å². The van der Waals surface area contributed by atoms with E-state index < -0.39 is 0 Å². The van der Waals surface area contributed by atoms with E-state index in [2.05, 4.69) is 12.6 Å². The topological polar surface area (TPSA) is 24.1 Å². The number of hydrogen-bond donors (Lipinski definition) is 1. The van der Waals surface area contributed by atoms with Crippen molar-refractivity contribution in [3.05, 3.63) is 24.4 Å². The fourth-order valence-corrected chi connectivity index (χ4v) is 0.558. The van der Waals surface area contributed by atoms with Crippen molar-refractivity contribution in [3.63, 3.8) is 0 Å². The molecule has 0 aliphatic rings. The van der Waals surface area contributed by atoms with Gasteiger partial charge >= 0.3 is 51.4 Å². The maximum absolute atomic E-state index is 8.73. The zero-order valence-electron chi connectivity index (χ0n) is 5.11. The van der Waals surface area contributed by atoms with E-state index in [-0.39, 0.29) is 51.4 Å². The second kappa shape index (κ2) is 4.60. The smallest absolute Gasteiger partial charge is 0.705 e. The minimum absolute atomic E-state index is 0. The first kappa shape index (κ1) is 9.81. The van der Waals surface area contributed by atoms with E-state index in [1.54, 1.807) is 18.2 Å². The molecule has 0 aliphatic carbocycles. The monoisotopic (exact) mass is 166 g/mol. The number of aromatic nitrogens is 1. The molecule has 1 heterocycles. The molecule has 0 aromatic carbocycles. The molecule has 0 radical (unpaired) electrons. The van der Waals surface area contributed by atoms with Crippen molar-refractivity contribution in [2.75, 3.05) is 0 Å². The minimum Gasteiger partial charge on any atom is -0.705 e. The van der Waals surface area contributed by atoms with Crippen LogP contribution in [0.25, 0.3) is 0 Å². The van der Waals surface area contributed by atoms with Crippen molar-refractivity contribution < 1.29 is 61.3 Å². The molecule has 42 valence electrons. The summed E-state index contributed by atoms with van der Waals surface area (Å²) in [6.07, 6.45) is 1.49. The number of hydrogen-bond acceptors (Lipinski definition) is 2. The van der Waals surface area contributed by atoms with Crippen LogP contribution in [0.5, 0.6) is 0 Å². The quantitative estimate of drug-likeness (QED) is 0.194. The molecular formula is C5H5KNOS+. The van der Waals surface area contributed by atoms with E-state index in [4.69, 9.17) is 5.21 Å². The minimum atomic E-state index is 0. The molecule has 4 heteroatoms. The van der Waals surface area contributed by atoms with Crippen molar-refractivity contribution in [2.45, 2.75) is 5.03 Å². The van der Waals surface area contributed by atoms with Crippen molar-refractivity contribution >= 4 is 12.6 Å². The van der Waals surface area contributed by atoms with Gasteiger partial charge in [-0.1, -0.05) is 6.07 Å². The van der Waals surface area contributed by atoms with Gasteiger partial charge in [0.25, 0.3) is 0 Å². The average molecular weight is 166 g/mol. The van der Waals surface area contributed by atoms with Gasteiger partial charge in [-0.05, 0) is 10.8 Å². The summed E-state index contributed by atoms with van der Waals surface area (Å²) in [6.45, 7) is 0. The van der Waals surface area contributed by atoms with E-state index >= 15 is 0 Å². The van der Waals surface area contributed by atoms with Crippen molar-refractivity contribution in [2.24, 2.45) is 0 Å². The molecule has 1 aromatic heterocycles. The van der Waals surface area contributed by atoms with Crippen molar-refractivity contribution in [3.8, 4) is 0 Å². The summed E-state index contributed by atoms with van der Waals surface area (Å²) in [5.74, 6) is 0. The predicted molar refractivity (Wildman–Crippen MR) is 29.5 cm³/mol. The van der Waals surface area contributed by atoms with E-state index in [9.17, 15) is 0 Å². The standard InChI is InChI=1S/C5H5NOS.K/c7-6-4-2-1-3-5(6)8;/h1-4,7H;/q;+1. The van der Waals surface area contributed by atoms with Crippen LogP contribution >= 0.6 is 0 Å². The molecule has 0 unspecified atom stereocenters. The third-order valence-electron chi connectivity index (χ3n) is 0.803. The van der Waals surface area contributed by atoms with Crippen molar-refractivity contribution in [1.29, 1.82) is 0 Å². The molecule has 2 nitrogen and oxygen atoms in total. The molecule has 0 bridgehead atoms. The predicted octanol–water partition coefficient (Wildman–Crippen LogP) is -2.88. The largest absolute Gasteiger partial charge is 1.00 e. The summed E-state index contributed by atoms with van der Waals surface area (Å²) in [5.41, 5.74) is 0. The van der Waals surface area contributed by atoms with Crippen LogP contribution in [0.15, 0.2) is 29.4 Å². The van der Waals surface area contributed by atoms with E-state index in [1.165, 1.54) is 6.20 Å². The molecule has 1 aromatic rings. The van der Waals surface area contributed by atoms with E-state index in [1.807, 2.05) is 0 Å². The summed E-state index contributed by atoms with van der Waals surface area (Å²) in [6, 6.07) is 5.13. The van der Waals surface area contributed by atoms with Gasteiger partial charge in [0, 0.05) is 6.07 Å². The first-order chi connectivity index (χ1) is 3.80. The molecule has 0 saturated carbocycles. The van der Waals surface area contributed by atoms with Gasteiger partial charge in [-0.2, -0.15) is 0 Å². The molecule has 0 amide bonds. The Kier molecular flexibility index (Phi) is 5.01. The van der Waals surface area contributed by atoms with Gasteiger partial charge in [0.05, 0.1) is 0 Å². The van der Waals surface area contributed by atoms with Gasteiger partial charge in [-0.3, -0.25) is 5.21 Å². The van der Waals surface area contributed by atoms with Crippen LogP contribution in [0.1, 0.15) is 0 Å². The summed E-state index contributed by atoms with van der Waals surface area (Å²) in [5, 5.41) is 9.16. The van der Waals surface area contributed by atoms with E-state index in [0.717, 1.165) is 4.73 Å². The van der Waals surface area contributed by atoms with Gasteiger partial charge in [-0.25, -0.2) is 0 Å². The second-order valence-corrected chi connectivity index (χ2v) is 1.80. The van der Waals surface area contributed by atoms with Crippen molar-refractivity contribution in [1.82, 2.24) is 0 Å². The number of rotatable bonds is 0. The number of nitrogens with zero attached hydrogens (tertiary/aromatic N) is 1. The first-order valence-electron chi connectivity index (χ1n) is 2.17. The van der Waals surface area contributed by atoms with Crippen LogP contribution in [0.4, 0.5) is 0 Å². The Morgan fingerprint density at radius 1 is 1.44 bits per heavy atom. The Labute approximate surface area is 102 Å². The molecule has 0 spiro atoms. The molecule has 0 fully saturated rings. The molecule has 1 rings (SSSR count). The Morgan fingerprint density at radius 3 is 2.44 bits per heavy atom. The second-order valence-electron chi connectivity index (χ2n) is 1.38. The first-order valence-corrected chi connectivity index (χ1v) is 2.58. The maximum atomic E-state index is 8.73. The van der Waals surface area contributed by atoms with E-state index in [0.29, 0.717) is 5.03 Å². The molecule has 9 heavy (non-hydrogen) atoms. The van der Waals surface area contributed by atoms with Crippen LogP contribution in [-0.4, -0.2) is 5.21 Å². The molecule has 0 atom stereocenters. The van der Waals surface area contributed by atoms with Gasteiger partial charge in [0.15, 0.2) is 0 Å². The van der Waals surface area contributed by atoms with Gasteiger partial charge in [-0.15, -0.1) is 0 Å². The SMILES string of the molecule is O[n+]1ccccc1[S-].[K+]. The molecule has 0 saturated heterocycles. The zero-order valence-corrected chi connectivity index (χ0v) is 9.05. The molecular weight excluding hydrogens is 161 g/mol. The third kappa shape index (κ3) is 2.93. The Hall–Kier alpha value is 0.806. The Bertz CT molecular complexity index is 173. The summed E-state index contributed by atoms with van der Waals surface area (Å²) >= 11 is 4.67. The number of pyridine rings is 1. The average Bonchev–Trinajstić information content (AvgIpc) is 1.77. The fraction of sp³-hybridized carbons (Fsp3) is 0. The van der Waals surface area contributed by atoms with Gasteiger partial charge in [0.1, 0.15) is 5.03 Å². The van der Waals surface area contributed by atoms with Gasteiger partial charge in [0.2, 0.25) is 6.20 Å². The Morgan fingerprint density at radius 2 is 2.11 bits per heavy atom. The van der Waals surface area contributed by atoms with Crippen LogP contribution in [-0.2, 0) is 12.6 Å². The fourth-order valence-electron chi connectivity index (χ4n) is 0.419. The van der Waals surface area contributed by atoms with Gasteiger partial charge < -0.3 is 12.6 Å². The molecule has 1 N–H and O–H groups in total. The third-order valence-corrected chi connectivity index (χ3v) is 1.13. The van der Waals surface area contributed by atoms with Crippen LogP contribution in [0, 0.1) is 0 Å². The van der Waals surface area contributed by atoms with Crippen LogP contribution < -0.4 is 56.1 Å². The normalized spacial score (nSPS) is 8.00. The summed E-state index contributed by atoms with van der Waals surface area (Å²) in [4.78, 5) is 0. The zero-order chi connectivity index (χ0) is 5.98. The Balaban J connectivity index is 0.000000640. The summed E-state index contributed by atoms with van der Waals surface area (Å²) in [7, 11) is 0.